The maximum Gasteiger partial charge on any atom is 0.194 e. The maximum absolute atomic E-state index is 10.7. The number of allylic oxidation sites excluding steroid dienone is 2. The molecule has 0 saturated heterocycles. The van der Waals surface area contributed by atoms with Crippen LogP contribution in [-0.2, 0) is 35.1 Å². The van der Waals surface area contributed by atoms with Crippen molar-refractivity contribution >= 4 is 32.0 Å². The molecule has 0 saturated carbocycles. The number of aromatic nitrogens is 3. The highest BCUT2D eigenvalue weighted by Gasteiger charge is 2.04. The lowest BCUT2D eigenvalue weighted by Gasteiger charge is -2.07. The summed E-state index contributed by atoms with van der Waals surface area (Å²) in [6.45, 7) is 6.46. The molecular weight excluding hydrogens is 567 g/mol. The summed E-state index contributed by atoms with van der Waals surface area (Å²) in [5.41, 5.74) is 3.50. The van der Waals surface area contributed by atoms with E-state index in [1.54, 1.807) is 27.3 Å². The first-order valence-corrected chi connectivity index (χ1v) is 12.3. The summed E-state index contributed by atoms with van der Waals surface area (Å²) in [6, 6.07) is 9.78. The second-order valence-electron chi connectivity index (χ2n) is 7.26. The van der Waals surface area contributed by atoms with Crippen molar-refractivity contribution in [1.82, 2.24) is 15.0 Å². The smallest absolute Gasteiger partial charge is 0.194 e. The van der Waals surface area contributed by atoms with Gasteiger partial charge >= 0.3 is 0 Å². The Bertz CT molecular complexity index is 942. The predicted molar refractivity (Wildman–Crippen MR) is 137 cm³/mol. The van der Waals surface area contributed by atoms with Gasteiger partial charge in [-0.2, -0.15) is 5.26 Å². The monoisotopic (exact) mass is 598 g/mol. The van der Waals surface area contributed by atoms with Crippen LogP contribution < -0.4 is 0 Å². The Morgan fingerprint density at radius 2 is 1.49 bits per heavy atom. The predicted octanol–water partition coefficient (Wildman–Crippen LogP) is 3.13. The van der Waals surface area contributed by atoms with Gasteiger partial charge in [0.2, 0.25) is 0 Å². The number of hydrogen-bond acceptors (Lipinski definition) is 9. The van der Waals surface area contributed by atoms with Crippen LogP contribution in [0.15, 0.2) is 36.5 Å². The molecule has 2 rings (SSSR count). The lowest BCUT2D eigenvalue weighted by atomic mass is 10.1. The van der Waals surface area contributed by atoms with Gasteiger partial charge in [-0.15, -0.1) is 5.10 Å². The SMILES string of the molecule is C/C(=C/C#N)c1ccc(-n2cc(COCCOCCOCCOCCOCCC(=O)I)nn2)cc1. The highest BCUT2D eigenvalue weighted by Crippen LogP contribution is 2.16. The number of hydrogen-bond donors (Lipinski definition) is 0. The quantitative estimate of drug-likeness (QED) is 0.104. The first-order chi connectivity index (χ1) is 17.1. The summed E-state index contributed by atoms with van der Waals surface area (Å²) in [7, 11) is 0. The van der Waals surface area contributed by atoms with Gasteiger partial charge in [0.05, 0.1) is 84.0 Å². The van der Waals surface area contributed by atoms with E-state index in [1.165, 1.54) is 6.08 Å². The first kappa shape index (κ1) is 29.0. The number of halogens is 1. The second-order valence-corrected chi connectivity index (χ2v) is 8.47. The van der Waals surface area contributed by atoms with Gasteiger partial charge in [-0.05, 0) is 52.8 Å². The third-order valence-corrected chi connectivity index (χ3v) is 5.13. The van der Waals surface area contributed by atoms with Gasteiger partial charge in [-0.1, -0.05) is 17.3 Å². The molecule has 2 aromatic rings. The van der Waals surface area contributed by atoms with Crippen molar-refractivity contribution < 1.29 is 28.5 Å². The van der Waals surface area contributed by atoms with Crippen molar-refractivity contribution in [2.75, 3.05) is 59.5 Å². The highest BCUT2D eigenvalue weighted by molar-refractivity contribution is 14.1. The number of carbonyl (C=O) groups is 1. The van der Waals surface area contributed by atoms with Crippen LogP contribution in [0.25, 0.3) is 11.3 Å². The van der Waals surface area contributed by atoms with Crippen LogP contribution in [0.3, 0.4) is 0 Å². The summed E-state index contributed by atoms with van der Waals surface area (Å²) in [5.74, 6) is 0. The molecule has 10 nitrogen and oxygen atoms in total. The van der Waals surface area contributed by atoms with E-state index < -0.39 is 0 Å². The Labute approximate surface area is 219 Å². The fourth-order valence-corrected chi connectivity index (χ4v) is 2.98. The molecule has 1 aromatic carbocycles. The van der Waals surface area contributed by atoms with E-state index in [0.29, 0.717) is 72.5 Å². The molecule has 0 atom stereocenters. The third kappa shape index (κ3) is 12.9. The van der Waals surface area contributed by atoms with Gasteiger partial charge < -0.3 is 23.7 Å². The van der Waals surface area contributed by atoms with Gasteiger partial charge in [-0.3, -0.25) is 4.79 Å². The Kier molecular flexibility index (Phi) is 15.0. The molecular formula is C24H31IN4O6. The van der Waals surface area contributed by atoms with E-state index in [1.807, 2.05) is 43.5 Å². The minimum Gasteiger partial charge on any atom is -0.379 e. The molecule has 0 unspecified atom stereocenters. The molecule has 1 heterocycles. The van der Waals surface area contributed by atoms with Crippen molar-refractivity contribution in [2.45, 2.75) is 20.0 Å². The Morgan fingerprint density at radius 3 is 2.03 bits per heavy atom. The fourth-order valence-electron chi connectivity index (χ4n) is 2.76. The van der Waals surface area contributed by atoms with E-state index >= 15 is 0 Å². The van der Waals surface area contributed by atoms with Crippen LogP contribution in [0.2, 0.25) is 0 Å². The average molecular weight is 598 g/mol. The average Bonchev–Trinajstić information content (AvgIpc) is 3.33. The van der Waals surface area contributed by atoms with Crippen molar-refractivity contribution in [1.29, 1.82) is 5.26 Å². The Morgan fingerprint density at radius 1 is 0.943 bits per heavy atom. The zero-order chi connectivity index (χ0) is 25.1. The van der Waals surface area contributed by atoms with Gasteiger partial charge in [0.15, 0.2) is 3.79 Å². The number of nitriles is 1. The lowest BCUT2D eigenvalue weighted by molar-refractivity contribution is -0.110. The van der Waals surface area contributed by atoms with E-state index in [2.05, 4.69) is 10.3 Å². The van der Waals surface area contributed by atoms with Crippen molar-refractivity contribution in [3.63, 3.8) is 0 Å². The molecule has 0 N–H and O–H groups in total. The summed E-state index contributed by atoms with van der Waals surface area (Å²) >= 11 is 1.75. The summed E-state index contributed by atoms with van der Waals surface area (Å²) < 4.78 is 28.9. The van der Waals surface area contributed by atoms with Crippen molar-refractivity contribution in [2.24, 2.45) is 0 Å². The van der Waals surface area contributed by atoms with Gasteiger partial charge in [-0.25, -0.2) is 4.68 Å². The molecule has 0 aliphatic rings. The standard InChI is InChI=1S/C24H31IN4O6/c1-20(6-8-26)21-2-4-23(5-3-21)29-18-22(27-28-29)19-35-17-16-34-15-14-33-13-12-32-11-10-31-9-7-24(25)30/h2-6,18H,7,9-17,19H2,1H3/b20-6-. The highest BCUT2D eigenvalue weighted by atomic mass is 127. The second kappa shape index (κ2) is 18.1. The van der Waals surface area contributed by atoms with E-state index in [4.69, 9.17) is 28.9 Å². The zero-order valence-electron chi connectivity index (χ0n) is 19.9. The number of rotatable bonds is 19. The van der Waals surface area contributed by atoms with Crippen LogP contribution in [0.5, 0.6) is 0 Å². The van der Waals surface area contributed by atoms with Gasteiger partial charge in [0, 0.05) is 12.5 Å². The maximum atomic E-state index is 10.7. The minimum absolute atomic E-state index is 0.0934. The van der Waals surface area contributed by atoms with E-state index in [9.17, 15) is 4.79 Å². The van der Waals surface area contributed by atoms with Gasteiger partial charge in [0.25, 0.3) is 0 Å². The Hall–Kier alpha value is -2.21. The Balaban J connectivity index is 1.45. The van der Waals surface area contributed by atoms with Crippen molar-refractivity contribution in [3.05, 3.63) is 47.8 Å². The zero-order valence-corrected chi connectivity index (χ0v) is 22.0. The number of ether oxygens (including phenoxy) is 5. The topological polar surface area (TPSA) is 118 Å². The fraction of sp³-hybridized carbons (Fsp3) is 0.500. The molecule has 0 bridgehead atoms. The van der Waals surface area contributed by atoms with Crippen LogP contribution in [0, 0.1) is 11.3 Å². The minimum atomic E-state index is 0.0934. The van der Waals surface area contributed by atoms with Crippen LogP contribution in [0.4, 0.5) is 0 Å². The van der Waals surface area contributed by atoms with E-state index in [0.717, 1.165) is 22.5 Å². The summed E-state index contributed by atoms with van der Waals surface area (Å²) in [4.78, 5) is 10.7. The molecule has 11 heteroatoms. The molecule has 0 radical (unpaired) electrons. The molecule has 190 valence electrons. The molecule has 1 aromatic heterocycles. The third-order valence-electron chi connectivity index (χ3n) is 4.59. The molecule has 35 heavy (non-hydrogen) atoms. The van der Waals surface area contributed by atoms with Crippen LogP contribution in [-0.4, -0.2) is 78.2 Å². The lowest BCUT2D eigenvalue weighted by Crippen LogP contribution is -2.13. The molecule has 0 aliphatic heterocycles. The van der Waals surface area contributed by atoms with Crippen LogP contribution >= 0.6 is 22.6 Å². The molecule has 0 fully saturated rings. The largest absolute Gasteiger partial charge is 0.379 e. The van der Waals surface area contributed by atoms with E-state index in [-0.39, 0.29) is 3.79 Å². The summed E-state index contributed by atoms with van der Waals surface area (Å²) in [6.07, 6.45) is 3.77. The first-order valence-electron chi connectivity index (χ1n) is 11.3. The molecule has 0 amide bonds. The molecule has 0 aliphatic carbocycles. The molecule has 0 spiro atoms. The van der Waals surface area contributed by atoms with Crippen LogP contribution in [0.1, 0.15) is 24.6 Å². The van der Waals surface area contributed by atoms with Crippen molar-refractivity contribution in [3.8, 4) is 11.8 Å². The summed E-state index contributed by atoms with van der Waals surface area (Å²) in [5, 5.41) is 17.0. The number of carbonyl (C=O) groups excluding carboxylic acids is 1. The number of benzene rings is 1. The van der Waals surface area contributed by atoms with Gasteiger partial charge in [0.1, 0.15) is 5.69 Å². The normalized spacial score (nSPS) is 11.5. The number of nitrogens with zero attached hydrogens (tertiary/aromatic N) is 4.